The second-order valence-corrected chi connectivity index (χ2v) is 7.92. The summed E-state index contributed by atoms with van der Waals surface area (Å²) >= 11 is 1.48. The predicted molar refractivity (Wildman–Crippen MR) is 115 cm³/mol. The second kappa shape index (κ2) is 13.4. The molecule has 0 aliphatic carbocycles. The zero-order valence-electron chi connectivity index (χ0n) is 18.0. The first kappa shape index (κ1) is 26.9. The Hall–Kier alpha value is -3.34. The van der Waals surface area contributed by atoms with E-state index in [4.69, 9.17) is 19.2 Å². The van der Waals surface area contributed by atoms with Crippen molar-refractivity contribution in [1.82, 2.24) is 4.31 Å². The Bertz CT molecular complexity index is 998. The van der Waals surface area contributed by atoms with Crippen LogP contribution in [0.1, 0.15) is 28.8 Å². The van der Waals surface area contributed by atoms with Gasteiger partial charge in [0.05, 0.1) is 18.4 Å². The molecule has 0 amide bonds. The fraction of sp³-hybridized carbons (Fsp3) is 0.318. The highest BCUT2D eigenvalue weighted by atomic mass is 32.2. The van der Waals surface area contributed by atoms with Gasteiger partial charge in [0.2, 0.25) is 0 Å². The fourth-order valence-corrected chi connectivity index (χ4v) is 3.80. The number of esters is 1. The molecule has 0 unspecified atom stereocenters. The number of halogens is 3. The van der Waals surface area contributed by atoms with Gasteiger partial charge in [-0.1, -0.05) is 17.3 Å². The Kier molecular flexibility index (Phi) is 10.6. The molecule has 1 aliphatic heterocycles. The van der Waals surface area contributed by atoms with Crippen molar-refractivity contribution in [2.24, 2.45) is 5.16 Å². The Morgan fingerprint density at radius 2 is 1.76 bits per heavy atom. The molecule has 2 aromatic carbocycles. The number of carbonyl (C=O) groups is 1. The van der Waals surface area contributed by atoms with Gasteiger partial charge in [-0.15, -0.1) is 13.2 Å². The molecule has 1 fully saturated rings. The van der Waals surface area contributed by atoms with Crippen molar-refractivity contribution < 1.29 is 41.9 Å². The molecule has 12 heteroatoms. The van der Waals surface area contributed by atoms with Gasteiger partial charge < -0.3 is 14.3 Å². The molecular formula is C22H21F3N2O6S. The Morgan fingerprint density at radius 3 is 2.35 bits per heavy atom. The standard InChI is InChI=1S/C21H21F3N2O4S.CO2/c1-28-20(27)16-4-2-3-15(13-16)14-29-25-17-9-11-26(12-10-17)31-19-7-5-18(6-8-19)30-21(22,23)24;2-1-3/h2-8,13H,9-12,14H2,1H3;. The molecule has 0 radical (unpaired) electrons. The summed E-state index contributed by atoms with van der Waals surface area (Å²) in [6, 6.07) is 12.8. The van der Waals surface area contributed by atoms with E-state index in [1.54, 1.807) is 30.3 Å². The third-order valence-electron chi connectivity index (χ3n) is 4.36. The summed E-state index contributed by atoms with van der Waals surface area (Å²) in [5.74, 6) is -0.639. The number of alkyl halides is 3. The van der Waals surface area contributed by atoms with E-state index in [1.165, 1.54) is 31.2 Å². The van der Waals surface area contributed by atoms with Crippen LogP contribution >= 0.6 is 11.9 Å². The lowest BCUT2D eigenvalue weighted by molar-refractivity contribution is -0.274. The van der Waals surface area contributed by atoms with E-state index in [0.29, 0.717) is 5.56 Å². The molecule has 1 aliphatic rings. The first-order chi connectivity index (χ1) is 16.2. The molecule has 0 bridgehead atoms. The number of nitrogens with zero attached hydrogens (tertiary/aromatic N) is 2. The van der Waals surface area contributed by atoms with Gasteiger partial charge in [0.15, 0.2) is 0 Å². The quantitative estimate of drug-likeness (QED) is 0.314. The number of rotatable bonds is 7. The smallest absolute Gasteiger partial charge is 0.465 e. The number of piperidine rings is 1. The molecule has 0 aromatic heterocycles. The number of hydrogen-bond donors (Lipinski definition) is 0. The SMILES string of the molecule is COC(=O)c1cccc(CON=C2CCN(Sc3ccc(OC(F)(F)F)cc3)CC2)c1.O=C=O. The van der Waals surface area contributed by atoms with Gasteiger partial charge >= 0.3 is 18.5 Å². The molecule has 8 nitrogen and oxygen atoms in total. The van der Waals surface area contributed by atoms with E-state index in [1.807, 2.05) is 6.07 Å². The summed E-state index contributed by atoms with van der Waals surface area (Å²) < 4.78 is 47.4. The molecule has 2 aromatic rings. The van der Waals surface area contributed by atoms with Crippen LogP contribution in [0.3, 0.4) is 0 Å². The van der Waals surface area contributed by atoms with Crippen LogP contribution < -0.4 is 4.74 Å². The topological polar surface area (TPSA) is 94.5 Å². The molecule has 3 rings (SSSR count). The summed E-state index contributed by atoms with van der Waals surface area (Å²) in [5.41, 5.74) is 2.22. The largest absolute Gasteiger partial charge is 0.573 e. The molecule has 0 spiro atoms. The molecule has 34 heavy (non-hydrogen) atoms. The minimum atomic E-state index is -4.69. The summed E-state index contributed by atoms with van der Waals surface area (Å²) in [7, 11) is 1.33. The van der Waals surface area contributed by atoms with Crippen LogP contribution in [-0.4, -0.2) is 48.7 Å². The zero-order valence-corrected chi connectivity index (χ0v) is 18.9. The summed E-state index contributed by atoms with van der Waals surface area (Å²) in [5, 5.41) is 4.20. The van der Waals surface area contributed by atoms with E-state index in [2.05, 4.69) is 14.2 Å². The van der Waals surface area contributed by atoms with Crippen molar-refractivity contribution in [2.45, 2.75) is 30.7 Å². The fourth-order valence-electron chi connectivity index (χ4n) is 2.88. The molecular weight excluding hydrogens is 477 g/mol. The Morgan fingerprint density at radius 1 is 1.12 bits per heavy atom. The van der Waals surface area contributed by atoms with Crippen LogP contribution in [-0.2, 0) is 25.8 Å². The van der Waals surface area contributed by atoms with Crippen molar-refractivity contribution in [1.29, 1.82) is 0 Å². The summed E-state index contributed by atoms with van der Waals surface area (Å²) in [6.45, 7) is 1.73. The lowest BCUT2D eigenvalue weighted by Crippen LogP contribution is -2.28. The highest BCUT2D eigenvalue weighted by molar-refractivity contribution is 7.97. The molecule has 0 atom stereocenters. The molecule has 1 heterocycles. The number of ether oxygens (including phenoxy) is 2. The monoisotopic (exact) mass is 498 g/mol. The normalized spacial score (nSPS) is 13.7. The maximum atomic E-state index is 12.2. The van der Waals surface area contributed by atoms with Crippen LogP contribution in [0.4, 0.5) is 13.2 Å². The third-order valence-corrected chi connectivity index (χ3v) is 5.47. The maximum absolute atomic E-state index is 12.2. The lowest BCUT2D eigenvalue weighted by Gasteiger charge is -2.26. The van der Waals surface area contributed by atoms with E-state index in [-0.39, 0.29) is 18.5 Å². The van der Waals surface area contributed by atoms with Gasteiger partial charge in [0, 0.05) is 30.8 Å². The van der Waals surface area contributed by atoms with Crippen molar-refractivity contribution in [3.8, 4) is 5.75 Å². The van der Waals surface area contributed by atoms with E-state index >= 15 is 0 Å². The number of hydrogen-bond acceptors (Lipinski definition) is 9. The third kappa shape index (κ3) is 9.65. The van der Waals surface area contributed by atoms with Gasteiger partial charge in [-0.25, -0.2) is 9.10 Å². The number of oxime groups is 1. The summed E-state index contributed by atoms with van der Waals surface area (Å²) in [4.78, 5) is 34.1. The molecule has 182 valence electrons. The average Bonchev–Trinajstić information content (AvgIpc) is 2.81. The number of carbonyl (C=O) groups excluding carboxylic acids is 3. The average molecular weight is 498 g/mol. The van der Waals surface area contributed by atoms with Crippen molar-refractivity contribution in [2.75, 3.05) is 20.2 Å². The van der Waals surface area contributed by atoms with Gasteiger partial charge in [-0.05, 0) is 53.9 Å². The Balaban J connectivity index is 0.00000129. The number of benzene rings is 2. The van der Waals surface area contributed by atoms with E-state index < -0.39 is 12.3 Å². The van der Waals surface area contributed by atoms with Crippen molar-refractivity contribution >= 4 is 29.8 Å². The molecule has 1 saturated heterocycles. The van der Waals surface area contributed by atoms with Gasteiger partial charge in [-0.2, -0.15) is 9.59 Å². The molecule has 0 N–H and O–H groups in total. The van der Waals surface area contributed by atoms with E-state index in [0.717, 1.165) is 42.1 Å². The van der Waals surface area contributed by atoms with Crippen LogP contribution in [0.25, 0.3) is 0 Å². The highest BCUT2D eigenvalue weighted by Gasteiger charge is 2.31. The first-order valence-corrected chi connectivity index (χ1v) is 10.6. The minimum Gasteiger partial charge on any atom is -0.465 e. The Labute approximate surface area is 197 Å². The number of methoxy groups -OCH3 is 1. The predicted octanol–water partition coefficient (Wildman–Crippen LogP) is 4.46. The zero-order chi connectivity index (χ0) is 25.0. The van der Waals surface area contributed by atoms with Gasteiger partial charge in [-0.3, -0.25) is 0 Å². The molecule has 0 saturated carbocycles. The summed E-state index contributed by atoms with van der Waals surface area (Å²) in [6.07, 6.45) is -2.99. The van der Waals surface area contributed by atoms with Crippen LogP contribution in [0, 0.1) is 0 Å². The highest BCUT2D eigenvalue weighted by Crippen LogP contribution is 2.29. The maximum Gasteiger partial charge on any atom is 0.573 e. The van der Waals surface area contributed by atoms with E-state index in [9.17, 15) is 18.0 Å². The van der Waals surface area contributed by atoms with Crippen LogP contribution in [0.2, 0.25) is 0 Å². The van der Waals surface area contributed by atoms with Crippen LogP contribution in [0.15, 0.2) is 58.6 Å². The first-order valence-electron chi connectivity index (χ1n) is 9.87. The van der Waals surface area contributed by atoms with Crippen molar-refractivity contribution in [3.63, 3.8) is 0 Å². The minimum absolute atomic E-state index is 0.237. The van der Waals surface area contributed by atoms with Gasteiger partial charge in [0.1, 0.15) is 12.4 Å². The van der Waals surface area contributed by atoms with Crippen molar-refractivity contribution in [3.05, 3.63) is 59.7 Å². The van der Waals surface area contributed by atoms with Gasteiger partial charge in [0.25, 0.3) is 0 Å². The second-order valence-electron chi connectivity index (χ2n) is 6.75. The van der Waals surface area contributed by atoms with Crippen LogP contribution in [0.5, 0.6) is 5.75 Å². The lowest BCUT2D eigenvalue weighted by atomic mass is 10.1.